The second kappa shape index (κ2) is 5.40. The Morgan fingerprint density at radius 3 is 2.57 bits per heavy atom. The van der Waals surface area contributed by atoms with Crippen LogP contribution in [-0.4, -0.2) is 12.5 Å². The van der Waals surface area contributed by atoms with Crippen LogP contribution in [0.2, 0.25) is 0 Å². The highest BCUT2D eigenvalue weighted by Gasteiger charge is 2.08. The zero-order chi connectivity index (χ0) is 10.4. The van der Waals surface area contributed by atoms with Crippen LogP contribution in [0.1, 0.15) is 24.9 Å². The normalized spacial score (nSPS) is 12.4. The van der Waals surface area contributed by atoms with E-state index in [1.165, 1.54) is 5.56 Å². The lowest BCUT2D eigenvalue weighted by Crippen LogP contribution is -2.31. The van der Waals surface area contributed by atoms with Gasteiger partial charge in [0.25, 0.3) is 0 Å². The molecule has 1 aromatic carbocycles. The molecule has 1 unspecified atom stereocenters. The van der Waals surface area contributed by atoms with Crippen molar-refractivity contribution in [1.82, 2.24) is 5.32 Å². The van der Waals surface area contributed by atoms with E-state index in [0.717, 1.165) is 6.42 Å². The van der Waals surface area contributed by atoms with Crippen molar-refractivity contribution >= 4 is 5.91 Å². The van der Waals surface area contributed by atoms with Gasteiger partial charge in [-0.1, -0.05) is 37.3 Å². The van der Waals surface area contributed by atoms with Gasteiger partial charge in [-0.2, -0.15) is 0 Å². The molecule has 3 nitrogen and oxygen atoms in total. The number of primary amides is 1. The van der Waals surface area contributed by atoms with Crippen LogP contribution in [-0.2, 0) is 4.79 Å². The molecule has 0 radical (unpaired) electrons. The average molecular weight is 192 g/mol. The fraction of sp³-hybridized carbons (Fsp3) is 0.364. The van der Waals surface area contributed by atoms with E-state index in [9.17, 15) is 4.79 Å². The van der Waals surface area contributed by atoms with E-state index in [-0.39, 0.29) is 18.5 Å². The largest absolute Gasteiger partial charge is 0.369 e. The van der Waals surface area contributed by atoms with Crippen molar-refractivity contribution in [2.24, 2.45) is 5.73 Å². The number of amides is 1. The molecule has 1 aromatic rings. The average Bonchev–Trinajstić information content (AvgIpc) is 2.20. The monoisotopic (exact) mass is 192 g/mol. The number of rotatable bonds is 5. The lowest BCUT2D eigenvalue weighted by molar-refractivity contribution is -0.117. The lowest BCUT2D eigenvalue weighted by Gasteiger charge is -2.15. The van der Waals surface area contributed by atoms with Crippen LogP contribution >= 0.6 is 0 Å². The highest BCUT2D eigenvalue weighted by atomic mass is 16.1. The molecule has 3 heteroatoms. The van der Waals surface area contributed by atoms with Gasteiger partial charge in [0.2, 0.25) is 5.91 Å². The van der Waals surface area contributed by atoms with E-state index in [4.69, 9.17) is 5.73 Å². The topological polar surface area (TPSA) is 55.1 Å². The molecule has 0 aliphatic rings. The number of nitrogens with two attached hydrogens (primary N) is 1. The molecule has 0 bridgehead atoms. The molecule has 3 N–H and O–H groups in total. The summed E-state index contributed by atoms with van der Waals surface area (Å²) in [6, 6.07) is 10.3. The van der Waals surface area contributed by atoms with E-state index in [1.54, 1.807) is 0 Å². The maximum absolute atomic E-state index is 10.6. The number of hydrogen-bond donors (Lipinski definition) is 2. The zero-order valence-electron chi connectivity index (χ0n) is 8.36. The number of benzene rings is 1. The van der Waals surface area contributed by atoms with Crippen LogP contribution in [0.15, 0.2) is 30.3 Å². The van der Waals surface area contributed by atoms with Crippen LogP contribution < -0.4 is 11.1 Å². The minimum atomic E-state index is -0.320. The van der Waals surface area contributed by atoms with Crippen molar-refractivity contribution in [2.45, 2.75) is 19.4 Å². The molecule has 0 saturated heterocycles. The van der Waals surface area contributed by atoms with E-state index in [2.05, 4.69) is 12.2 Å². The zero-order valence-corrected chi connectivity index (χ0v) is 8.36. The second-order valence-corrected chi connectivity index (χ2v) is 3.22. The second-order valence-electron chi connectivity index (χ2n) is 3.22. The predicted octanol–water partition coefficient (Wildman–Crippen LogP) is 1.21. The molecule has 0 spiro atoms. The first-order valence-corrected chi connectivity index (χ1v) is 4.80. The molecule has 0 heterocycles. The van der Waals surface area contributed by atoms with Gasteiger partial charge in [-0.25, -0.2) is 0 Å². The van der Waals surface area contributed by atoms with Gasteiger partial charge in [-0.3, -0.25) is 4.79 Å². The first kappa shape index (κ1) is 10.7. The Labute approximate surface area is 84.3 Å². The van der Waals surface area contributed by atoms with E-state index in [0.29, 0.717) is 0 Å². The minimum absolute atomic E-state index is 0.212. The Morgan fingerprint density at radius 2 is 2.07 bits per heavy atom. The van der Waals surface area contributed by atoms with Crippen LogP contribution in [0, 0.1) is 0 Å². The van der Waals surface area contributed by atoms with Gasteiger partial charge in [-0.15, -0.1) is 0 Å². The Balaban J connectivity index is 2.58. The Bertz CT molecular complexity index is 285. The van der Waals surface area contributed by atoms with Gasteiger partial charge in [0.1, 0.15) is 0 Å². The summed E-state index contributed by atoms with van der Waals surface area (Å²) in [4.78, 5) is 10.6. The molecule has 0 aromatic heterocycles. The molecule has 1 amide bonds. The van der Waals surface area contributed by atoms with E-state index >= 15 is 0 Å². The Hall–Kier alpha value is -1.35. The molecule has 1 atom stereocenters. The van der Waals surface area contributed by atoms with Crippen molar-refractivity contribution in [3.63, 3.8) is 0 Å². The highest BCUT2D eigenvalue weighted by Crippen LogP contribution is 2.14. The van der Waals surface area contributed by atoms with E-state index < -0.39 is 0 Å². The van der Waals surface area contributed by atoms with Gasteiger partial charge in [0.05, 0.1) is 6.54 Å². The van der Waals surface area contributed by atoms with Crippen molar-refractivity contribution in [3.05, 3.63) is 35.9 Å². The van der Waals surface area contributed by atoms with Gasteiger partial charge in [0.15, 0.2) is 0 Å². The third-order valence-electron chi connectivity index (χ3n) is 2.13. The molecular weight excluding hydrogens is 176 g/mol. The maximum Gasteiger partial charge on any atom is 0.231 e. The summed E-state index contributed by atoms with van der Waals surface area (Å²) in [5.41, 5.74) is 6.26. The standard InChI is InChI=1S/C11H16N2O/c1-2-10(13-8-11(12)14)9-6-4-3-5-7-9/h3-7,10,13H,2,8H2,1H3,(H2,12,14). The number of carbonyl (C=O) groups is 1. The van der Waals surface area contributed by atoms with Crippen molar-refractivity contribution in [1.29, 1.82) is 0 Å². The molecule has 0 saturated carbocycles. The predicted molar refractivity (Wildman–Crippen MR) is 56.7 cm³/mol. The molecule has 1 rings (SSSR count). The molecular formula is C11H16N2O. The summed E-state index contributed by atoms with van der Waals surface area (Å²) in [7, 11) is 0. The summed E-state index contributed by atoms with van der Waals surface area (Å²) >= 11 is 0. The van der Waals surface area contributed by atoms with Crippen LogP contribution in [0.3, 0.4) is 0 Å². The van der Waals surface area contributed by atoms with E-state index in [1.807, 2.05) is 30.3 Å². The fourth-order valence-electron chi connectivity index (χ4n) is 1.41. The quantitative estimate of drug-likeness (QED) is 0.736. The van der Waals surface area contributed by atoms with Crippen LogP contribution in [0.25, 0.3) is 0 Å². The third kappa shape index (κ3) is 3.18. The summed E-state index contributed by atoms with van der Waals surface area (Å²) in [5, 5.41) is 3.11. The molecule has 0 fully saturated rings. The number of nitrogens with one attached hydrogen (secondary N) is 1. The SMILES string of the molecule is CCC(NCC(N)=O)c1ccccc1. The third-order valence-corrected chi connectivity index (χ3v) is 2.13. The van der Waals surface area contributed by atoms with Crippen LogP contribution in [0.5, 0.6) is 0 Å². The number of hydrogen-bond acceptors (Lipinski definition) is 2. The summed E-state index contributed by atoms with van der Waals surface area (Å²) < 4.78 is 0. The molecule has 0 aliphatic heterocycles. The molecule has 76 valence electrons. The van der Waals surface area contributed by atoms with Crippen molar-refractivity contribution < 1.29 is 4.79 Å². The van der Waals surface area contributed by atoms with Gasteiger partial charge >= 0.3 is 0 Å². The first-order valence-electron chi connectivity index (χ1n) is 4.80. The summed E-state index contributed by atoms with van der Waals surface area (Å²) in [5.74, 6) is -0.320. The number of carbonyl (C=O) groups excluding carboxylic acids is 1. The molecule has 0 aliphatic carbocycles. The van der Waals surface area contributed by atoms with Crippen molar-refractivity contribution in [2.75, 3.05) is 6.54 Å². The first-order chi connectivity index (χ1) is 6.74. The minimum Gasteiger partial charge on any atom is -0.369 e. The van der Waals surface area contributed by atoms with Gasteiger partial charge in [-0.05, 0) is 12.0 Å². The summed E-state index contributed by atoms with van der Waals surface area (Å²) in [6.45, 7) is 2.30. The fourth-order valence-corrected chi connectivity index (χ4v) is 1.41. The maximum atomic E-state index is 10.6. The van der Waals surface area contributed by atoms with Crippen LogP contribution in [0.4, 0.5) is 0 Å². The van der Waals surface area contributed by atoms with Gasteiger partial charge < -0.3 is 11.1 Å². The highest BCUT2D eigenvalue weighted by molar-refractivity contribution is 5.75. The summed E-state index contributed by atoms with van der Waals surface area (Å²) in [6.07, 6.45) is 0.942. The Kier molecular flexibility index (Phi) is 4.13. The van der Waals surface area contributed by atoms with Crippen molar-refractivity contribution in [3.8, 4) is 0 Å². The lowest BCUT2D eigenvalue weighted by atomic mass is 10.0. The van der Waals surface area contributed by atoms with Gasteiger partial charge in [0, 0.05) is 6.04 Å². The molecule has 14 heavy (non-hydrogen) atoms. The Morgan fingerprint density at radius 1 is 1.43 bits per heavy atom. The smallest absolute Gasteiger partial charge is 0.231 e.